The van der Waals surface area contributed by atoms with Crippen molar-refractivity contribution in [2.45, 2.75) is 63.5 Å². The molecule has 2 N–H and O–H groups in total. The third kappa shape index (κ3) is 4.84. The standard InChI is InChI=1S/C28H32N6O4S/c1-4-38-25-15-29-14-23(31-25)21-7-8-22(17(3)16(21)2)32-27(35)28(12-18-11-19(18)13-28)26-30-10-9-24(33-26)34-39(36,37)20-5-6-20/h7-10,14-15,18-20H,4-6,11-13H2,1-3H3,(H,32,35)(H,30,33,34). The molecule has 2 aromatic heterocycles. The van der Waals surface area contributed by atoms with Crippen molar-refractivity contribution in [1.29, 1.82) is 0 Å². The third-order valence-corrected chi connectivity index (χ3v) is 10.1. The lowest BCUT2D eigenvalue weighted by molar-refractivity contribution is -0.122. The lowest BCUT2D eigenvalue weighted by atomic mass is 9.80. The van der Waals surface area contributed by atoms with Crippen LogP contribution in [-0.2, 0) is 20.2 Å². The number of hydrogen-bond acceptors (Lipinski definition) is 8. The van der Waals surface area contributed by atoms with Crippen LogP contribution < -0.4 is 14.8 Å². The number of nitrogens with zero attached hydrogens (tertiary/aromatic N) is 4. The summed E-state index contributed by atoms with van der Waals surface area (Å²) in [4.78, 5) is 31.9. The first-order valence-corrected chi connectivity index (χ1v) is 15.0. The minimum absolute atomic E-state index is 0.162. The number of benzene rings is 1. The largest absolute Gasteiger partial charge is 0.477 e. The molecule has 204 valence electrons. The van der Waals surface area contributed by atoms with Gasteiger partial charge in [0, 0.05) is 17.4 Å². The highest BCUT2D eigenvalue weighted by Crippen LogP contribution is 2.60. The van der Waals surface area contributed by atoms with E-state index in [0.29, 0.717) is 67.2 Å². The molecule has 2 heterocycles. The van der Waals surface area contributed by atoms with Gasteiger partial charge in [-0.05, 0) is 88.0 Å². The fourth-order valence-electron chi connectivity index (χ4n) is 5.68. The van der Waals surface area contributed by atoms with E-state index in [1.165, 1.54) is 6.20 Å². The minimum Gasteiger partial charge on any atom is -0.477 e. The molecule has 3 fully saturated rings. The van der Waals surface area contributed by atoms with E-state index in [1.807, 2.05) is 32.9 Å². The zero-order valence-electron chi connectivity index (χ0n) is 22.3. The van der Waals surface area contributed by atoms with Gasteiger partial charge in [-0.3, -0.25) is 14.5 Å². The average Bonchev–Trinajstić information content (AvgIpc) is 3.85. The first kappa shape index (κ1) is 25.7. The first-order valence-electron chi connectivity index (χ1n) is 13.4. The first-order chi connectivity index (χ1) is 18.7. The van der Waals surface area contributed by atoms with E-state index < -0.39 is 15.4 Å². The Bertz CT molecular complexity index is 1550. The summed E-state index contributed by atoms with van der Waals surface area (Å²) in [7, 11) is -3.47. The maximum atomic E-state index is 14.0. The zero-order chi connectivity index (χ0) is 27.4. The summed E-state index contributed by atoms with van der Waals surface area (Å²) in [5.74, 6) is 1.82. The molecular weight excluding hydrogens is 516 g/mol. The summed E-state index contributed by atoms with van der Waals surface area (Å²) in [6, 6.07) is 5.36. The Balaban J connectivity index is 1.28. The number of hydrogen-bond donors (Lipinski definition) is 2. The number of ether oxygens (including phenoxy) is 1. The van der Waals surface area contributed by atoms with Gasteiger partial charge in [-0.25, -0.2) is 23.4 Å². The maximum Gasteiger partial charge on any atom is 0.238 e. The quantitative estimate of drug-likeness (QED) is 0.407. The van der Waals surface area contributed by atoms with E-state index >= 15 is 0 Å². The molecule has 0 radical (unpaired) electrons. The molecule has 2 atom stereocenters. The summed E-state index contributed by atoms with van der Waals surface area (Å²) in [6.07, 6.45) is 8.55. The molecule has 0 aliphatic heterocycles. The molecule has 3 aliphatic rings. The van der Waals surface area contributed by atoms with Crippen LogP contribution in [0.4, 0.5) is 11.5 Å². The van der Waals surface area contributed by atoms with Crippen LogP contribution in [0.15, 0.2) is 36.8 Å². The van der Waals surface area contributed by atoms with Gasteiger partial charge in [-0.2, -0.15) is 0 Å². The van der Waals surface area contributed by atoms with E-state index in [2.05, 4.69) is 30.0 Å². The number of amides is 1. The number of nitrogens with one attached hydrogen (secondary N) is 2. The predicted molar refractivity (Wildman–Crippen MR) is 147 cm³/mol. The normalized spacial score (nSPS) is 23.7. The minimum atomic E-state index is -3.47. The van der Waals surface area contributed by atoms with Crippen molar-refractivity contribution in [3.05, 3.63) is 53.7 Å². The second-order valence-corrected chi connectivity index (χ2v) is 12.9. The number of rotatable bonds is 9. The van der Waals surface area contributed by atoms with Crippen molar-refractivity contribution >= 4 is 27.4 Å². The molecule has 2 unspecified atom stereocenters. The average molecular weight is 549 g/mol. The van der Waals surface area contributed by atoms with Crippen LogP contribution in [0.2, 0.25) is 0 Å². The zero-order valence-corrected chi connectivity index (χ0v) is 23.1. The Labute approximate surface area is 228 Å². The maximum absolute atomic E-state index is 14.0. The van der Waals surface area contributed by atoms with E-state index in [0.717, 1.165) is 23.1 Å². The smallest absolute Gasteiger partial charge is 0.238 e. The van der Waals surface area contributed by atoms with Crippen LogP contribution in [0.5, 0.6) is 5.88 Å². The van der Waals surface area contributed by atoms with Crippen molar-refractivity contribution in [2.24, 2.45) is 11.8 Å². The van der Waals surface area contributed by atoms with Crippen molar-refractivity contribution in [3.63, 3.8) is 0 Å². The van der Waals surface area contributed by atoms with Crippen LogP contribution in [0.3, 0.4) is 0 Å². The van der Waals surface area contributed by atoms with Crippen LogP contribution in [-0.4, -0.2) is 46.1 Å². The van der Waals surface area contributed by atoms with Crippen molar-refractivity contribution in [1.82, 2.24) is 19.9 Å². The molecule has 0 spiro atoms. The molecule has 3 aliphatic carbocycles. The Hall–Kier alpha value is -3.60. The van der Waals surface area contributed by atoms with Gasteiger partial charge in [0.05, 0.1) is 29.9 Å². The van der Waals surface area contributed by atoms with Crippen molar-refractivity contribution in [3.8, 4) is 17.1 Å². The second-order valence-electron chi connectivity index (χ2n) is 10.9. The van der Waals surface area contributed by atoms with Gasteiger partial charge in [0.2, 0.25) is 21.8 Å². The second kappa shape index (κ2) is 9.55. The Kier molecular flexibility index (Phi) is 6.28. The predicted octanol–water partition coefficient (Wildman–Crippen LogP) is 4.16. The van der Waals surface area contributed by atoms with Crippen molar-refractivity contribution < 1.29 is 17.9 Å². The molecular formula is C28H32N6O4S. The third-order valence-electron chi connectivity index (χ3n) is 8.23. The molecule has 6 rings (SSSR count). The number of carbonyl (C=O) groups is 1. The summed E-state index contributed by atoms with van der Waals surface area (Å²) in [5, 5.41) is 2.79. The van der Waals surface area contributed by atoms with Gasteiger partial charge < -0.3 is 10.1 Å². The number of carbonyl (C=O) groups excluding carboxylic acids is 1. The molecule has 3 aromatic rings. The molecule has 1 aromatic carbocycles. The molecule has 11 heteroatoms. The fraction of sp³-hybridized carbons (Fsp3) is 0.464. The lowest BCUT2D eigenvalue weighted by Crippen LogP contribution is -2.41. The number of sulfonamides is 1. The Morgan fingerprint density at radius 2 is 1.85 bits per heavy atom. The highest BCUT2D eigenvalue weighted by Gasteiger charge is 2.59. The molecule has 10 nitrogen and oxygen atoms in total. The van der Waals surface area contributed by atoms with Gasteiger partial charge in [0.25, 0.3) is 0 Å². The molecule has 39 heavy (non-hydrogen) atoms. The van der Waals surface area contributed by atoms with E-state index in [4.69, 9.17) is 4.74 Å². The van der Waals surface area contributed by atoms with Crippen LogP contribution in [0.1, 0.15) is 56.0 Å². The topological polar surface area (TPSA) is 136 Å². The number of aromatic nitrogens is 4. The fourth-order valence-corrected chi connectivity index (χ4v) is 7.01. The summed E-state index contributed by atoms with van der Waals surface area (Å²) >= 11 is 0. The highest BCUT2D eigenvalue weighted by molar-refractivity contribution is 7.93. The molecule has 0 saturated heterocycles. The molecule has 1 amide bonds. The van der Waals surface area contributed by atoms with Gasteiger partial charge in [0.1, 0.15) is 17.1 Å². The number of fused-ring (bicyclic) bond motifs is 1. The van der Waals surface area contributed by atoms with Gasteiger partial charge in [-0.15, -0.1) is 0 Å². The monoisotopic (exact) mass is 548 g/mol. The number of anilines is 2. The molecule has 0 bridgehead atoms. The molecule has 3 saturated carbocycles. The summed E-state index contributed by atoms with van der Waals surface area (Å²) < 4.78 is 33.1. The Morgan fingerprint density at radius 3 is 2.56 bits per heavy atom. The van der Waals surface area contributed by atoms with Crippen LogP contribution in [0.25, 0.3) is 11.3 Å². The van der Waals surface area contributed by atoms with Gasteiger partial charge in [-0.1, -0.05) is 6.07 Å². The van der Waals surface area contributed by atoms with Crippen LogP contribution in [0, 0.1) is 25.7 Å². The van der Waals surface area contributed by atoms with Crippen molar-refractivity contribution in [2.75, 3.05) is 16.6 Å². The van der Waals surface area contributed by atoms with E-state index in [-0.39, 0.29) is 17.0 Å². The highest BCUT2D eigenvalue weighted by atomic mass is 32.2. The van der Waals surface area contributed by atoms with E-state index in [9.17, 15) is 13.2 Å². The van der Waals surface area contributed by atoms with Crippen LogP contribution >= 0.6 is 0 Å². The lowest BCUT2D eigenvalue weighted by Gasteiger charge is -2.29. The SMILES string of the molecule is CCOc1cncc(-c2ccc(NC(=O)C3(c4nccc(NS(=O)(=O)C5CC5)n4)CC4CC4C3)c(C)c2C)n1. The summed E-state index contributed by atoms with van der Waals surface area (Å²) in [6.45, 7) is 6.37. The van der Waals surface area contributed by atoms with Gasteiger partial charge in [0.15, 0.2) is 0 Å². The summed E-state index contributed by atoms with van der Waals surface area (Å²) in [5.41, 5.74) is 3.31. The Morgan fingerprint density at radius 1 is 1.08 bits per heavy atom. The van der Waals surface area contributed by atoms with Gasteiger partial charge >= 0.3 is 0 Å². The van der Waals surface area contributed by atoms with E-state index in [1.54, 1.807) is 18.5 Å².